The zero-order valence-corrected chi connectivity index (χ0v) is 18.3. The number of carbonyl (C=O) groups excluding carboxylic acids is 3. The van der Waals surface area contributed by atoms with E-state index in [1.54, 1.807) is 54.6 Å². The number of nitrogens with zero attached hydrogens (tertiary/aromatic N) is 3. The van der Waals surface area contributed by atoms with Crippen LogP contribution in [0.15, 0.2) is 79.0 Å². The Balaban J connectivity index is 1.35. The molecule has 3 aromatic carbocycles. The molecule has 5 rings (SSSR count). The highest BCUT2D eigenvalue weighted by atomic mass is 35.5. The molecule has 0 unspecified atom stereocenters. The van der Waals surface area contributed by atoms with Crippen molar-refractivity contribution in [3.8, 4) is 0 Å². The Labute approximate surface area is 198 Å². The molecule has 3 amide bonds. The van der Waals surface area contributed by atoms with Crippen LogP contribution in [0.5, 0.6) is 0 Å². The lowest BCUT2D eigenvalue weighted by Crippen LogP contribution is -2.29. The van der Waals surface area contributed by atoms with Gasteiger partial charge in [0.15, 0.2) is 5.82 Å². The summed E-state index contributed by atoms with van der Waals surface area (Å²) in [6.45, 7) is 0.266. The van der Waals surface area contributed by atoms with Crippen molar-refractivity contribution < 1.29 is 18.8 Å². The van der Waals surface area contributed by atoms with Gasteiger partial charge in [0.05, 0.1) is 23.4 Å². The van der Waals surface area contributed by atoms with E-state index in [1.165, 1.54) is 29.1 Å². The topological polar surface area (TPSA) is 84.3 Å². The zero-order valence-electron chi connectivity index (χ0n) is 17.5. The third-order valence-electron chi connectivity index (χ3n) is 5.34. The normalized spacial score (nSPS) is 12.7. The summed E-state index contributed by atoms with van der Waals surface area (Å²) in [4.78, 5) is 39.4. The van der Waals surface area contributed by atoms with E-state index in [1.807, 2.05) is 0 Å². The van der Waals surface area contributed by atoms with Crippen LogP contribution in [-0.2, 0) is 6.54 Å². The van der Waals surface area contributed by atoms with Gasteiger partial charge in [-0.25, -0.2) is 9.29 Å². The first-order chi connectivity index (χ1) is 16.4. The van der Waals surface area contributed by atoms with Crippen LogP contribution in [0.25, 0.3) is 0 Å². The van der Waals surface area contributed by atoms with E-state index in [0.717, 1.165) is 4.90 Å². The number of rotatable bonds is 5. The molecule has 34 heavy (non-hydrogen) atoms. The van der Waals surface area contributed by atoms with Crippen molar-refractivity contribution in [1.29, 1.82) is 0 Å². The Kier molecular flexibility index (Phi) is 5.43. The van der Waals surface area contributed by atoms with Gasteiger partial charge in [0.25, 0.3) is 17.7 Å². The van der Waals surface area contributed by atoms with Crippen LogP contribution in [0.3, 0.4) is 0 Å². The number of carbonyl (C=O) groups is 3. The molecule has 1 N–H and O–H groups in total. The lowest BCUT2D eigenvalue weighted by atomic mass is 10.1. The number of benzene rings is 3. The van der Waals surface area contributed by atoms with Crippen molar-refractivity contribution in [2.75, 3.05) is 10.2 Å². The molecule has 0 saturated carbocycles. The molecule has 9 heteroatoms. The number of imide groups is 1. The maximum absolute atomic E-state index is 13.4. The Morgan fingerprint density at radius 1 is 0.941 bits per heavy atom. The van der Waals surface area contributed by atoms with E-state index < -0.39 is 17.7 Å². The fraction of sp³-hybridized carbons (Fsp3) is 0.0400. The highest BCUT2D eigenvalue weighted by molar-refractivity contribution is 6.35. The summed E-state index contributed by atoms with van der Waals surface area (Å²) in [5.41, 5.74) is 1.81. The smallest absolute Gasteiger partial charge is 0.266 e. The summed E-state index contributed by atoms with van der Waals surface area (Å²) in [5.74, 6) is -1.64. The minimum absolute atomic E-state index is 0.134. The van der Waals surface area contributed by atoms with E-state index in [0.29, 0.717) is 16.7 Å². The average molecular weight is 475 g/mol. The second-order valence-electron chi connectivity index (χ2n) is 7.65. The van der Waals surface area contributed by atoms with E-state index in [4.69, 9.17) is 11.6 Å². The minimum Gasteiger partial charge on any atom is -0.304 e. The monoisotopic (exact) mass is 474 g/mol. The van der Waals surface area contributed by atoms with Crippen molar-refractivity contribution >= 4 is 40.8 Å². The van der Waals surface area contributed by atoms with Gasteiger partial charge in [-0.15, -0.1) is 0 Å². The fourth-order valence-corrected chi connectivity index (χ4v) is 3.97. The number of amides is 3. The van der Waals surface area contributed by atoms with Gasteiger partial charge in [-0.3, -0.25) is 19.1 Å². The van der Waals surface area contributed by atoms with E-state index in [2.05, 4.69) is 10.4 Å². The molecule has 7 nitrogen and oxygen atoms in total. The van der Waals surface area contributed by atoms with Gasteiger partial charge in [-0.1, -0.05) is 41.9 Å². The second kappa shape index (κ2) is 8.57. The van der Waals surface area contributed by atoms with Crippen molar-refractivity contribution in [3.05, 3.63) is 112 Å². The lowest BCUT2D eigenvalue weighted by molar-refractivity contribution is 0.0924. The Morgan fingerprint density at radius 2 is 1.65 bits per heavy atom. The van der Waals surface area contributed by atoms with Crippen LogP contribution in [-0.4, -0.2) is 27.5 Å². The maximum Gasteiger partial charge on any atom is 0.266 e. The Bertz CT molecular complexity index is 1430. The molecule has 168 valence electrons. The Hall–Kier alpha value is -4.30. The molecule has 1 aromatic heterocycles. The second-order valence-corrected chi connectivity index (χ2v) is 8.06. The fourth-order valence-electron chi connectivity index (χ4n) is 3.77. The van der Waals surface area contributed by atoms with Crippen molar-refractivity contribution in [2.24, 2.45) is 0 Å². The van der Waals surface area contributed by atoms with Crippen LogP contribution >= 0.6 is 11.6 Å². The summed E-state index contributed by atoms with van der Waals surface area (Å²) < 4.78 is 14.9. The van der Waals surface area contributed by atoms with Crippen LogP contribution < -0.4 is 10.2 Å². The minimum atomic E-state index is -0.517. The first-order valence-electron chi connectivity index (χ1n) is 10.3. The van der Waals surface area contributed by atoms with Gasteiger partial charge in [-0.2, -0.15) is 5.10 Å². The summed E-state index contributed by atoms with van der Waals surface area (Å²) in [6, 6.07) is 18.8. The summed E-state index contributed by atoms with van der Waals surface area (Å²) in [7, 11) is 0. The first kappa shape index (κ1) is 21.5. The highest BCUT2D eigenvalue weighted by Gasteiger charge is 2.36. The molecule has 0 atom stereocenters. The predicted octanol–water partition coefficient (Wildman–Crippen LogP) is 4.78. The molecular formula is C25H16ClFN4O3. The SMILES string of the molecule is O=C(Nc1nn(Cc2cccc(F)c2)cc1Cl)c1cccc(N2C(=O)c3ccccc3C2=O)c1. The van der Waals surface area contributed by atoms with Gasteiger partial charge >= 0.3 is 0 Å². The average Bonchev–Trinajstić information content (AvgIpc) is 3.29. The molecule has 0 bridgehead atoms. The van der Waals surface area contributed by atoms with Gasteiger partial charge in [0.2, 0.25) is 0 Å². The predicted molar refractivity (Wildman–Crippen MR) is 125 cm³/mol. The summed E-state index contributed by atoms with van der Waals surface area (Å²) in [6.07, 6.45) is 1.53. The quantitative estimate of drug-likeness (QED) is 0.422. The van der Waals surface area contributed by atoms with Gasteiger partial charge in [-0.05, 0) is 48.0 Å². The molecule has 4 aromatic rings. The van der Waals surface area contributed by atoms with Crippen LogP contribution in [0.2, 0.25) is 5.02 Å². The molecule has 1 aliphatic rings. The molecular weight excluding hydrogens is 459 g/mol. The lowest BCUT2D eigenvalue weighted by Gasteiger charge is -2.15. The maximum atomic E-state index is 13.4. The molecule has 0 saturated heterocycles. The van der Waals surface area contributed by atoms with Gasteiger partial charge < -0.3 is 5.32 Å². The molecule has 0 radical (unpaired) electrons. The van der Waals surface area contributed by atoms with Gasteiger partial charge in [0.1, 0.15) is 10.8 Å². The number of aromatic nitrogens is 2. The summed E-state index contributed by atoms with van der Waals surface area (Å²) >= 11 is 6.23. The molecule has 0 fully saturated rings. The van der Waals surface area contributed by atoms with E-state index >= 15 is 0 Å². The number of hydrogen-bond acceptors (Lipinski definition) is 4. The Morgan fingerprint density at radius 3 is 2.35 bits per heavy atom. The summed E-state index contributed by atoms with van der Waals surface area (Å²) in [5, 5.41) is 7.11. The van der Waals surface area contributed by atoms with E-state index in [-0.39, 0.29) is 34.5 Å². The number of halogens is 2. The highest BCUT2D eigenvalue weighted by Crippen LogP contribution is 2.29. The largest absolute Gasteiger partial charge is 0.304 e. The van der Waals surface area contributed by atoms with Gasteiger partial charge in [0, 0.05) is 11.8 Å². The van der Waals surface area contributed by atoms with E-state index in [9.17, 15) is 18.8 Å². The molecule has 0 aliphatic carbocycles. The first-order valence-corrected chi connectivity index (χ1v) is 10.6. The standard InChI is InChI=1S/C25H16ClFN4O3/c26-21-14-30(13-15-5-3-7-17(27)11-15)29-22(21)28-23(32)16-6-4-8-18(12-16)31-24(33)19-9-1-2-10-20(19)25(31)34/h1-12,14H,13H2,(H,28,29,32). The number of nitrogens with one attached hydrogen (secondary N) is 1. The number of hydrogen-bond donors (Lipinski definition) is 1. The van der Waals surface area contributed by atoms with Crippen LogP contribution in [0, 0.1) is 5.82 Å². The molecule has 2 heterocycles. The number of anilines is 2. The zero-order chi connectivity index (χ0) is 23.8. The molecule has 0 spiro atoms. The molecule has 1 aliphatic heterocycles. The van der Waals surface area contributed by atoms with Crippen LogP contribution in [0.4, 0.5) is 15.9 Å². The van der Waals surface area contributed by atoms with Crippen molar-refractivity contribution in [3.63, 3.8) is 0 Å². The van der Waals surface area contributed by atoms with Crippen molar-refractivity contribution in [2.45, 2.75) is 6.54 Å². The number of fused-ring (bicyclic) bond motifs is 1. The third-order valence-corrected chi connectivity index (χ3v) is 5.62. The third kappa shape index (κ3) is 3.95. The van der Waals surface area contributed by atoms with Crippen LogP contribution in [0.1, 0.15) is 36.6 Å². The van der Waals surface area contributed by atoms with Crippen molar-refractivity contribution in [1.82, 2.24) is 9.78 Å².